The van der Waals surface area contributed by atoms with Crippen molar-refractivity contribution in [2.45, 2.75) is 26.7 Å². The van der Waals surface area contributed by atoms with Crippen molar-refractivity contribution in [1.82, 2.24) is 9.97 Å². The summed E-state index contributed by atoms with van der Waals surface area (Å²) in [4.78, 5) is 10.7. The van der Waals surface area contributed by atoms with Gasteiger partial charge in [-0.15, -0.1) is 0 Å². The summed E-state index contributed by atoms with van der Waals surface area (Å²) in [6.45, 7) is 5.62. The maximum absolute atomic E-state index is 8.58. The number of anilines is 2. The van der Waals surface area contributed by atoms with Gasteiger partial charge < -0.3 is 10.2 Å². The Morgan fingerprint density at radius 2 is 2.29 bits per heavy atom. The summed E-state index contributed by atoms with van der Waals surface area (Å²) >= 11 is 0. The predicted octanol–water partition coefficient (Wildman–Crippen LogP) is 1.96. The molecule has 0 saturated carbocycles. The first-order valence-electron chi connectivity index (χ1n) is 5.84. The molecule has 0 saturated heterocycles. The fourth-order valence-electron chi connectivity index (χ4n) is 1.47. The van der Waals surface area contributed by atoms with E-state index in [1.165, 1.54) is 0 Å². The molecule has 0 aliphatic heterocycles. The Morgan fingerprint density at radius 1 is 1.53 bits per heavy atom. The Morgan fingerprint density at radius 3 is 2.94 bits per heavy atom. The third-order valence-electron chi connectivity index (χ3n) is 2.40. The largest absolute Gasteiger partial charge is 0.358 e. The molecule has 92 valence electrons. The third kappa shape index (κ3) is 3.91. The van der Waals surface area contributed by atoms with Crippen molar-refractivity contribution < 1.29 is 0 Å². The van der Waals surface area contributed by atoms with Crippen molar-refractivity contribution in [2.24, 2.45) is 0 Å². The van der Waals surface area contributed by atoms with Gasteiger partial charge in [0.15, 0.2) is 0 Å². The van der Waals surface area contributed by atoms with E-state index in [1.807, 2.05) is 25.1 Å². The Kier molecular flexibility index (Phi) is 5.21. The van der Waals surface area contributed by atoms with Gasteiger partial charge in [0.05, 0.1) is 12.5 Å². The SMILES string of the molecule is CCCNc1ncc(C)c(N(C)CCC#N)n1. The Labute approximate surface area is 102 Å². The number of rotatable bonds is 6. The average molecular weight is 233 g/mol. The van der Waals surface area contributed by atoms with E-state index in [9.17, 15) is 0 Å². The van der Waals surface area contributed by atoms with Crippen LogP contribution in [0.2, 0.25) is 0 Å². The molecule has 1 aromatic rings. The first-order valence-corrected chi connectivity index (χ1v) is 5.84. The maximum Gasteiger partial charge on any atom is 0.224 e. The van der Waals surface area contributed by atoms with Crippen LogP contribution in [0.4, 0.5) is 11.8 Å². The lowest BCUT2D eigenvalue weighted by molar-refractivity contribution is 0.867. The molecule has 0 amide bonds. The lowest BCUT2D eigenvalue weighted by Gasteiger charge is -2.19. The second kappa shape index (κ2) is 6.69. The molecular formula is C12H19N5. The van der Waals surface area contributed by atoms with Crippen molar-refractivity contribution in [3.05, 3.63) is 11.8 Å². The van der Waals surface area contributed by atoms with Gasteiger partial charge in [0.25, 0.3) is 0 Å². The number of nitrogens with one attached hydrogen (secondary N) is 1. The van der Waals surface area contributed by atoms with Gasteiger partial charge in [0, 0.05) is 31.9 Å². The minimum atomic E-state index is 0.498. The molecule has 0 unspecified atom stereocenters. The molecule has 5 nitrogen and oxygen atoms in total. The minimum absolute atomic E-state index is 0.498. The summed E-state index contributed by atoms with van der Waals surface area (Å²) in [6.07, 6.45) is 3.34. The van der Waals surface area contributed by atoms with Crippen molar-refractivity contribution in [1.29, 1.82) is 5.26 Å². The van der Waals surface area contributed by atoms with Crippen LogP contribution in [-0.2, 0) is 0 Å². The van der Waals surface area contributed by atoms with Crippen LogP contribution in [0.5, 0.6) is 0 Å². The first kappa shape index (κ1) is 13.2. The van der Waals surface area contributed by atoms with Gasteiger partial charge >= 0.3 is 0 Å². The first-order chi connectivity index (χ1) is 8.19. The van der Waals surface area contributed by atoms with Gasteiger partial charge in [-0.3, -0.25) is 0 Å². The van der Waals surface area contributed by atoms with Crippen molar-refractivity contribution >= 4 is 11.8 Å². The molecule has 0 fully saturated rings. The molecule has 0 aromatic carbocycles. The van der Waals surface area contributed by atoms with E-state index in [-0.39, 0.29) is 0 Å². The smallest absolute Gasteiger partial charge is 0.224 e. The molecule has 0 aliphatic rings. The predicted molar refractivity (Wildman–Crippen MR) is 69.0 cm³/mol. The topological polar surface area (TPSA) is 64.8 Å². The Balaban J connectivity index is 2.79. The van der Waals surface area contributed by atoms with Crippen LogP contribution in [0.25, 0.3) is 0 Å². The quantitative estimate of drug-likeness (QED) is 0.813. The molecule has 0 bridgehead atoms. The molecule has 1 N–H and O–H groups in total. The maximum atomic E-state index is 8.58. The number of hydrogen-bond acceptors (Lipinski definition) is 5. The van der Waals surface area contributed by atoms with Crippen LogP contribution < -0.4 is 10.2 Å². The lowest BCUT2D eigenvalue weighted by Crippen LogP contribution is -2.21. The van der Waals surface area contributed by atoms with Crippen molar-refractivity contribution in [3.63, 3.8) is 0 Å². The average Bonchev–Trinajstić information content (AvgIpc) is 2.35. The molecule has 0 spiro atoms. The van der Waals surface area contributed by atoms with Gasteiger partial charge in [-0.2, -0.15) is 10.2 Å². The zero-order valence-corrected chi connectivity index (χ0v) is 10.7. The van der Waals surface area contributed by atoms with E-state index in [2.05, 4.69) is 28.3 Å². The van der Waals surface area contributed by atoms with Crippen LogP contribution >= 0.6 is 0 Å². The molecule has 0 radical (unpaired) electrons. The van der Waals surface area contributed by atoms with Gasteiger partial charge in [-0.25, -0.2) is 4.98 Å². The summed E-state index contributed by atoms with van der Waals surface area (Å²) in [5.74, 6) is 1.53. The summed E-state index contributed by atoms with van der Waals surface area (Å²) < 4.78 is 0. The van der Waals surface area contributed by atoms with Crippen LogP contribution in [0.1, 0.15) is 25.3 Å². The molecule has 1 heterocycles. The monoisotopic (exact) mass is 233 g/mol. The highest BCUT2D eigenvalue weighted by atomic mass is 15.2. The summed E-state index contributed by atoms with van der Waals surface area (Å²) in [7, 11) is 1.94. The van der Waals surface area contributed by atoms with E-state index in [0.717, 1.165) is 24.3 Å². The minimum Gasteiger partial charge on any atom is -0.358 e. The normalized spacial score (nSPS) is 9.76. The third-order valence-corrected chi connectivity index (χ3v) is 2.40. The summed E-state index contributed by atoms with van der Waals surface area (Å²) in [6, 6.07) is 2.14. The van der Waals surface area contributed by atoms with E-state index >= 15 is 0 Å². The van der Waals surface area contributed by atoms with Crippen LogP contribution in [0.3, 0.4) is 0 Å². The number of nitrogens with zero attached hydrogens (tertiary/aromatic N) is 4. The molecule has 5 heteroatoms. The molecular weight excluding hydrogens is 214 g/mol. The van der Waals surface area contributed by atoms with Crippen molar-refractivity contribution in [2.75, 3.05) is 30.4 Å². The number of nitriles is 1. The molecule has 1 rings (SSSR count). The summed E-state index contributed by atoms with van der Waals surface area (Å²) in [5.41, 5.74) is 1.02. The van der Waals surface area contributed by atoms with Crippen LogP contribution in [0, 0.1) is 18.3 Å². The fourth-order valence-corrected chi connectivity index (χ4v) is 1.47. The summed E-state index contributed by atoms with van der Waals surface area (Å²) in [5, 5.41) is 11.7. The molecule has 1 aromatic heterocycles. The van der Waals surface area contributed by atoms with Gasteiger partial charge in [0.2, 0.25) is 5.95 Å². The fraction of sp³-hybridized carbons (Fsp3) is 0.583. The van der Waals surface area contributed by atoms with Crippen LogP contribution in [0.15, 0.2) is 6.20 Å². The lowest BCUT2D eigenvalue weighted by atomic mass is 10.3. The number of hydrogen-bond donors (Lipinski definition) is 1. The zero-order valence-electron chi connectivity index (χ0n) is 10.7. The standard InChI is InChI=1S/C12H19N5/c1-4-7-14-12-15-9-10(2)11(16-12)17(3)8-5-6-13/h9H,4-5,7-8H2,1-3H3,(H,14,15,16). The van der Waals surface area contributed by atoms with E-state index in [1.54, 1.807) is 0 Å². The Hall–Kier alpha value is -1.83. The zero-order chi connectivity index (χ0) is 12.7. The van der Waals surface area contributed by atoms with Gasteiger partial charge in [-0.05, 0) is 13.3 Å². The highest BCUT2D eigenvalue weighted by molar-refractivity contribution is 5.48. The molecule has 0 atom stereocenters. The second-order valence-corrected chi connectivity index (χ2v) is 3.96. The number of aromatic nitrogens is 2. The van der Waals surface area contributed by atoms with E-state index in [0.29, 0.717) is 18.9 Å². The van der Waals surface area contributed by atoms with E-state index in [4.69, 9.17) is 5.26 Å². The number of aryl methyl sites for hydroxylation is 1. The van der Waals surface area contributed by atoms with Gasteiger partial charge in [-0.1, -0.05) is 6.92 Å². The van der Waals surface area contributed by atoms with Crippen molar-refractivity contribution in [3.8, 4) is 6.07 Å². The molecule has 17 heavy (non-hydrogen) atoms. The second-order valence-electron chi connectivity index (χ2n) is 3.96. The van der Waals surface area contributed by atoms with E-state index < -0.39 is 0 Å². The highest BCUT2D eigenvalue weighted by Crippen LogP contribution is 2.16. The van der Waals surface area contributed by atoms with Crippen LogP contribution in [-0.4, -0.2) is 30.1 Å². The molecule has 0 aliphatic carbocycles. The highest BCUT2D eigenvalue weighted by Gasteiger charge is 2.08. The Bertz CT molecular complexity index is 396. The van der Waals surface area contributed by atoms with Gasteiger partial charge in [0.1, 0.15) is 5.82 Å².